The van der Waals surface area contributed by atoms with Crippen molar-refractivity contribution in [2.45, 2.75) is 26.4 Å². The highest BCUT2D eigenvalue weighted by molar-refractivity contribution is 5.84. The molecule has 18 heavy (non-hydrogen) atoms. The molecule has 0 atom stereocenters. The quantitative estimate of drug-likeness (QED) is 0.690. The molecule has 1 aromatic rings. The molecule has 0 aromatic carbocycles. The first kappa shape index (κ1) is 14.1. The highest BCUT2D eigenvalue weighted by Gasteiger charge is 2.18. The fourth-order valence-electron chi connectivity index (χ4n) is 1.48. The van der Waals surface area contributed by atoms with Crippen molar-refractivity contribution >= 4 is 11.9 Å². The third-order valence-electron chi connectivity index (χ3n) is 2.34. The van der Waals surface area contributed by atoms with Crippen LogP contribution in [0.1, 0.15) is 24.3 Å². The van der Waals surface area contributed by atoms with Crippen molar-refractivity contribution in [1.82, 2.24) is 19.9 Å². The summed E-state index contributed by atoms with van der Waals surface area (Å²) in [6, 6.07) is -0.0490. The van der Waals surface area contributed by atoms with Gasteiger partial charge >= 0.3 is 5.97 Å². The number of hydrogen-bond acceptors (Lipinski definition) is 5. The first-order valence-corrected chi connectivity index (χ1v) is 5.49. The van der Waals surface area contributed by atoms with Crippen LogP contribution >= 0.6 is 0 Å². The smallest absolute Gasteiger partial charge is 0.358 e. The number of carbonyl (C=O) groups excluding carboxylic acids is 1. The Morgan fingerprint density at radius 1 is 1.50 bits per heavy atom. The van der Waals surface area contributed by atoms with Crippen LogP contribution in [0.15, 0.2) is 6.20 Å². The first-order chi connectivity index (χ1) is 8.45. The summed E-state index contributed by atoms with van der Waals surface area (Å²) in [5, 5.41) is 24.5. The van der Waals surface area contributed by atoms with E-state index in [0.29, 0.717) is 0 Å². The van der Waals surface area contributed by atoms with E-state index in [-0.39, 0.29) is 37.3 Å². The summed E-state index contributed by atoms with van der Waals surface area (Å²) in [5.41, 5.74) is -0.207. The van der Waals surface area contributed by atoms with E-state index in [1.165, 1.54) is 15.8 Å². The number of nitrogens with zero attached hydrogens (tertiary/aromatic N) is 4. The molecule has 2 N–H and O–H groups in total. The predicted molar refractivity (Wildman–Crippen MR) is 60.9 cm³/mol. The van der Waals surface area contributed by atoms with Gasteiger partial charge in [0.25, 0.3) is 0 Å². The molecule has 0 bridgehead atoms. The maximum Gasteiger partial charge on any atom is 0.358 e. The molecular formula is C10H16N4O4. The molecule has 0 aliphatic heterocycles. The van der Waals surface area contributed by atoms with Crippen molar-refractivity contribution in [1.29, 1.82) is 0 Å². The van der Waals surface area contributed by atoms with E-state index in [1.807, 2.05) is 13.8 Å². The number of aliphatic hydroxyl groups is 1. The second-order valence-electron chi connectivity index (χ2n) is 4.01. The number of carbonyl (C=O) groups is 2. The van der Waals surface area contributed by atoms with Crippen LogP contribution < -0.4 is 0 Å². The summed E-state index contributed by atoms with van der Waals surface area (Å²) in [5.74, 6) is -1.44. The predicted octanol–water partition coefficient (Wildman–Crippen LogP) is -0.794. The van der Waals surface area contributed by atoms with Gasteiger partial charge in [0.05, 0.1) is 12.8 Å². The molecular weight excluding hydrogens is 240 g/mol. The van der Waals surface area contributed by atoms with Gasteiger partial charge in [-0.3, -0.25) is 4.79 Å². The van der Waals surface area contributed by atoms with E-state index in [0.717, 1.165) is 0 Å². The van der Waals surface area contributed by atoms with E-state index in [9.17, 15) is 9.59 Å². The van der Waals surface area contributed by atoms with Crippen LogP contribution in [-0.4, -0.2) is 61.2 Å². The molecule has 1 amide bonds. The van der Waals surface area contributed by atoms with Gasteiger partial charge in [-0.2, -0.15) is 0 Å². The Kier molecular flexibility index (Phi) is 4.78. The number of aromatic carboxylic acids is 1. The average Bonchev–Trinajstić information content (AvgIpc) is 2.73. The Morgan fingerprint density at radius 2 is 2.17 bits per heavy atom. The molecule has 1 aromatic heterocycles. The largest absolute Gasteiger partial charge is 0.476 e. The minimum absolute atomic E-state index is 0.0490. The van der Waals surface area contributed by atoms with Crippen molar-refractivity contribution in [2.24, 2.45) is 0 Å². The van der Waals surface area contributed by atoms with Crippen molar-refractivity contribution in [2.75, 3.05) is 13.2 Å². The molecule has 8 heteroatoms. The molecule has 0 saturated heterocycles. The van der Waals surface area contributed by atoms with Gasteiger partial charge in [-0.05, 0) is 13.8 Å². The zero-order valence-electron chi connectivity index (χ0n) is 10.3. The lowest BCUT2D eigenvalue weighted by Gasteiger charge is -2.25. The van der Waals surface area contributed by atoms with E-state index in [1.54, 1.807) is 0 Å². The van der Waals surface area contributed by atoms with Crippen LogP contribution in [0.5, 0.6) is 0 Å². The summed E-state index contributed by atoms with van der Waals surface area (Å²) >= 11 is 0. The summed E-state index contributed by atoms with van der Waals surface area (Å²) in [6.45, 7) is 3.67. The third kappa shape index (κ3) is 3.52. The average molecular weight is 256 g/mol. The van der Waals surface area contributed by atoms with Crippen LogP contribution in [0.4, 0.5) is 0 Å². The summed E-state index contributed by atoms with van der Waals surface area (Å²) < 4.78 is 1.17. The van der Waals surface area contributed by atoms with Crippen LogP contribution in [0, 0.1) is 0 Å². The van der Waals surface area contributed by atoms with Gasteiger partial charge in [0.15, 0.2) is 5.69 Å². The van der Waals surface area contributed by atoms with Crippen LogP contribution in [0.3, 0.4) is 0 Å². The summed E-state index contributed by atoms with van der Waals surface area (Å²) in [4.78, 5) is 24.0. The third-order valence-corrected chi connectivity index (χ3v) is 2.34. The fourth-order valence-corrected chi connectivity index (χ4v) is 1.48. The van der Waals surface area contributed by atoms with E-state index in [2.05, 4.69) is 10.3 Å². The molecule has 0 spiro atoms. The van der Waals surface area contributed by atoms with Crippen LogP contribution in [-0.2, 0) is 11.3 Å². The molecule has 0 aliphatic carbocycles. The number of aliphatic hydroxyl groups excluding tert-OH is 1. The maximum atomic E-state index is 11.9. The number of rotatable bonds is 6. The molecule has 8 nitrogen and oxygen atoms in total. The Morgan fingerprint density at radius 3 is 2.61 bits per heavy atom. The highest BCUT2D eigenvalue weighted by atomic mass is 16.4. The lowest BCUT2D eigenvalue weighted by molar-refractivity contribution is -0.134. The van der Waals surface area contributed by atoms with E-state index >= 15 is 0 Å². The minimum Gasteiger partial charge on any atom is -0.476 e. The Bertz CT molecular complexity index is 429. The second kappa shape index (κ2) is 6.10. The number of aromatic nitrogens is 3. The number of hydrogen-bond donors (Lipinski definition) is 2. The van der Waals surface area contributed by atoms with Crippen molar-refractivity contribution in [3.05, 3.63) is 11.9 Å². The molecule has 0 radical (unpaired) electrons. The second-order valence-corrected chi connectivity index (χ2v) is 4.01. The van der Waals surface area contributed by atoms with Gasteiger partial charge in [-0.25, -0.2) is 9.48 Å². The Balaban J connectivity index is 2.69. The SMILES string of the molecule is CC(C)N(CCO)C(=O)Cn1cc(C(=O)O)nn1. The number of amides is 1. The Hall–Kier alpha value is -1.96. The number of carboxylic acids is 1. The van der Waals surface area contributed by atoms with Crippen molar-refractivity contribution in [3.8, 4) is 0 Å². The van der Waals surface area contributed by atoms with Gasteiger partial charge in [0, 0.05) is 12.6 Å². The lowest BCUT2D eigenvalue weighted by Crippen LogP contribution is -2.41. The molecule has 1 rings (SSSR count). The normalized spacial score (nSPS) is 10.7. The van der Waals surface area contributed by atoms with E-state index in [4.69, 9.17) is 10.2 Å². The zero-order chi connectivity index (χ0) is 13.7. The number of carboxylic acid groups (broad SMARTS) is 1. The van der Waals surface area contributed by atoms with E-state index < -0.39 is 5.97 Å². The molecule has 0 fully saturated rings. The summed E-state index contributed by atoms with van der Waals surface area (Å²) in [7, 11) is 0. The minimum atomic E-state index is -1.19. The van der Waals surface area contributed by atoms with Gasteiger partial charge in [-0.15, -0.1) is 5.10 Å². The first-order valence-electron chi connectivity index (χ1n) is 5.49. The zero-order valence-corrected chi connectivity index (χ0v) is 10.3. The van der Waals surface area contributed by atoms with Gasteiger partial charge < -0.3 is 15.1 Å². The lowest BCUT2D eigenvalue weighted by atomic mass is 10.3. The fraction of sp³-hybridized carbons (Fsp3) is 0.600. The Labute approximate surface area is 104 Å². The van der Waals surface area contributed by atoms with Crippen molar-refractivity contribution < 1.29 is 19.8 Å². The highest BCUT2D eigenvalue weighted by Crippen LogP contribution is 2.01. The van der Waals surface area contributed by atoms with Crippen LogP contribution in [0.25, 0.3) is 0 Å². The molecule has 0 aliphatic rings. The van der Waals surface area contributed by atoms with Crippen LogP contribution in [0.2, 0.25) is 0 Å². The van der Waals surface area contributed by atoms with Gasteiger partial charge in [-0.1, -0.05) is 5.21 Å². The summed E-state index contributed by atoms with van der Waals surface area (Å²) in [6.07, 6.45) is 1.19. The van der Waals surface area contributed by atoms with Gasteiger partial charge in [0.1, 0.15) is 6.54 Å². The molecule has 0 unspecified atom stereocenters. The standard InChI is InChI=1S/C10H16N4O4/c1-7(2)14(3-4-15)9(16)6-13-5-8(10(17)18)11-12-13/h5,7,15H,3-4,6H2,1-2H3,(H,17,18). The maximum absolute atomic E-state index is 11.9. The molecule has 0 saturated carbocycles. The van der Waals surface area contributed by atoms with Crippen molar-refractivity contribution in [3.63, 3.8) is 0 Å². The monoisotopic (exact) mass is 256 g/mol. The topological polar surface area (TPSA) is 109 Å². The van der Waals surface area contributed by atoms with Gasteiger partial charge in [0.2, 0.25) is 5.91 Å². The molecule has 1 heterocycles. The molecule has 100 valence electrons.